The molecule has 0 unspecified atom stereocenters. The first kappa shape index (κ1) is 17.0. The third-order valence-electron chi connectivity index (χ3n) is 3.08. The monoisotopic (exact) mass is 318 g/mol. The van der Waals surface area contributed by atoms with Crippen LogP contribution in [-0.4, -0.2) is 24.8 Å². The summed E-state index contributed by atoms with van der Waals surface area (Å²) in [7, 11) is 3.68. The van der Waals surface area contributed by atoms with Crippen LogP contribution in [0.15, 0.2) is 72.6 Å². The minimum absolute atomic E-state index is 0.212. The Bertz CT molecular complexity index is 783. The topological polar surface area (TPSA) is 53.3 Å². The second kappa shape index (κ2) is 8.35. The molecular weight excluding hydrogens is 300 g/mol. The molecule has 0 heterocycles. The molecule has 2 aromatic carbocycles. The molecule has 0 aliphatic rings. The highest BCUT2D eigenvalue weighted by Gasteiger charge is 2.10. The predicted octanol–water partition coefficient (Wildman–Crippen LogP) is 3.62. The summed E-state index contributed by atoms with van der Waals surface area (Å²) >= 11 is 0. The Labute approximate surface area is 141 Å². The van der Waals surface area contributed by atoms with Crippen LogP contribution in [0.5, 0.6) is 5.75 Å². The molecule has 0 fully saturated rings. The molecule has 0 atom stereocenters. The molecule has 0 aliphatic heterocycles. The fraction of sp³-hybridized carbons (Fsp3) is 0.100. The summed E-state index contributed by atoms with van der Waals surface area (Å²) in [6.07, 6.45) is 4.82. The summed E-state index contributed by atoms with van der Waals surface area (Å²) in [6.45, 7) is 0. The zero-order chi connectivity index (χ0) is 17.4. The van der Waals surface area contributed by atoms with Crippen LogP contribution >= 0.6 is 0 Å². The van der Waals surface area contributed by atoms with Crippen LogP contribution in [0.3, 0.4) is 0 Å². The second-order valence-electron chi connectivity index (χ2n) is 5.30. The average Bonchev–Trinajstić information content (AvgIpc) is 2.60. The number of benzene rings is 2. The SMILES string of the molecule is CN(C)/C=C/C(=O)C(=Cc1ccccc1)Oc1ccc(C#N)cc1. The van der Waals surface area contributed by atoms with Gasteiger partial charge in [-0.2, -0.15) is 5.26 Å². The molecule has 0 aromatic heterocycles. The molecule has 0 amide bonds. The summed E-state index contributed by atoms with van der Waals surface area (Å²) in [6, 6.07) is 18.2. The Morgan fingerprint density at radius 2 is 1.75 bits per heavy atom. The van der Waals surface area contributed by atoms with Crippen LogP contribution in [0, 0.1) is 11.3 Å². The van der Waals surface area contributed by atoms with Gasteiger partial charge in [0, 0.05) is 26.4 Å². The molecule has 120 valence electrons. The number of nitrogens with zero attached hydrogens (tertiary/aromatic N) is 2. The van der Waals surface area contributed by atoms with Crippen molar-refractivity contribution in [2.75, 3.05) is 14.1 Å². The Morgan fingerprint density at radius 3 is 2.33 bits per heavy atom. The van der Waals surface area contributed by atoms with Gasteiger partial charge in [-0.3, -0.25) is 4.79 Å². The van der Waals surface area contributed by atoms with Gasteiger partial charge in [0.15, 0.2) is 5.76 Å². The fourth-order valence-electron chi connectivity index (χ4n) is 1.87. The van der Waals surface area contributed by atoms with Gasteiger partial charge in [0.1, 0.15) is 5.75 Å². The number of allylic oxidation sites excluding steroid dienone is 1. The van der Waals surface area contributed by atoms with Gasteiger partial charge in [0.05, 0.1) is 11.6 Å². The first-order chi connectivity index (χ1) is 11.6. The minimum Gasteiger partial charge on any atom is -0.453 e. The number of nitriles is 1. The lowest BCUT2D eigenvalue weighted by atomic mass is 10.1. The van der Waals surface area contributed by atoms with Crippen LogP contribution in [0.4, 0.5) is 0 Å². The van der Waals surface area contributed by atoms with Crippen molar-refractivity contribution in [3.05, 3.63) is 83.8 Å². The largest absolute Gasteiger partial charge is 0.453 e. The first-order valence-corrected chi connectivity index (χ1v) is 7.42. The Hall–Kier alpha value is -3.32. The van der Waals surface area contributed by atoms with E-state index in [0.717, 1.165) is 5.56 Å². The van der Waals surface area contributed by atoms with Gasteiger partial charge in [-0.25, -0.2) is 0 Å². The number of carbonyl (C=O) groups excluding carboxylic acids is 1. The molecule has 24 heavy (non-hydrogen) atoms. The van der Waals surface area contributed by atoms with Gasteiger partial charge < -0.3 is 9.64 Å². The van der Waals surface area contributed by atoms with Crippen molar-refractivity contribution >= 4 is 11.9 Å². The van der Waals surface area contributed by atoms with Crippen LogP contribution in [0.25, 0.3) is 6.08 Å². The second-order valence-corrected chi connectivity index (χ2v) is 5.30. The van der Waals surface area contributed by atoms with Gasteiger partial charge in [-0.05, 0) is 35.9 Å². The van der Waals surface area contributed by atoms with E-state index in [1.165, 1.54) is 6.08 Å². The molecule has 0 bridgehead atoms. The van der Waals surface area contributed by atoms with E-state index < -0.39 is 0 Å². The maximum Gasteiger partial charge on any atom is 0.222 e. The number of carbonyl (C=O) groups is 1. The van der Waals surface area contributed by atoms with E-state index in [0.29, 0.717) is 11.3 Å². The summed E-state index contributed by atoms with van der Waals surface area (Å²) in [5, 5.41) is 8.85. The highest BCUT2D eigenvalue weighted by atomic mass is 16.5. The van der Waals surface area contributed by atoms with E-state index in [4.69, 9.17) is 10.00 Å². The van der Waals surface area contributed by atoms with Gasteiger partial charge in [-0.15, -0.1) is 0 Å². The number of rotatable bonds is 6. The molecular formula is C20H18N2O2. The fourth-order valence-corrected chi connectivity index (χ4v) is 1.87. The number of ether oxygens (including phenoxy) is 1. The van der Waals surface area contributed by atoms with Crippen molar-refractivity contribution in [2.45, 2.75) is 0 Å². The summed E-state index contributed by atoms with van der Waals surface area (Å²) < 4.78 is 5.74. The van der Waals surface area contributed by atoms with Gasteiger partial charge in [0.25, 0.3) is 0 Å². The highest BCUT2D eigenvalue weighted by molar-refractivity contribution is 6.05. The maximum atomic E-state index is 12.4. The van der Waals surface area contributed by atoms with Crippen molar-refractivity contribution in [3.8, 4) is 11.8 Å². The number of hydrogen-bond donors (Lipinski definition) is 0. The highest BCUT2D eigenvalue weighted by Crippen LogP contribution is 2.18. The average molecular weight is 318 g/mol. The lowest BCUT2D eigenvalue weighted by Gasteiger charge is -2.09. The molecule has 0 radical (unpaired) electrons. The maximum absolute atomic E-state index is 12.4. The number of hydrogen-bond acceptors (Lipinski definition) is 4. The van der Waals surface area contributed by atoms with Crippen LogP contribution < -0.4 is 4.74 Å². The van der Waals surface area contributed by atoms with Crippen molar-refractivity contribution in [3.63, 3.8) is 0 Å². The van der Waals surface area contributed by atoms with Crippen LogP contribution in [0.2, 0.25) is 0 Å². The van der Waals surface area contributed by atoms with E-state index in [1.54, 1.807) is 41.4 Å². The first-order valence-electron chi connectivity index (χ1n) is 7.42. The van der Waals surface area contributed by atoms with Crippen molar-refractivity contribution < 1.29 is 9.53 Å². The molecule has 0 aliphatic carbocycles. The quantitative estimate of drug-likeness (QED) is 0.603. The lowest BCUT2D eigenvalue weighted by Crippen LogP contribution is -2.09. The van der Waals surface area contributed by atoms with Gasteiger partial charge in [0.2, 0.25) is 5.78 Å². The molecule has 0 saturated heterocycles. The van der Waals surface area contributed by atoms with Crippen molar-refractivity contribution in [1.82, 2.24) is 4.90 Å². The zero-order valence-corrected chi connectivity index (χ0v) is 13.6. The van der Waals surface area contributed by atoms with Crippen molar-refractivity contribution in [1.29, 1.82) is 5.26 Å². The third-order valence-corrected chi connectivity index (χ3v) is 3.08. The molecule has 0 N–H and O–H groups in total. The zero-order valence-electron chi connectivity index (χ0n) is 13.6. The van der Waals surface area contributed by atoms with E-state index in [9.17, 15) is 4.79 Å². The minimum atomic E-state index is -0.239. The molecule has 2 rings (SSSR count). The molecule has 0 spiro atoms. The van der Waals surface area contributed by atoms with Crippen LogP contribution in [-0.2, 0) is 4.79 Å². The molecule has 2 aromatic rings. The van der Waals surface area contributed by atoms with E-state index >= 15 is 0 Å². The Balaban J connectivity index is 2.29. The Kier molecular flexibility index (Phi) is 5.93. The van der Waals surface area contributed by atoms with Crippen molar-refractivity contribution in [2.24, 2.45) is 0 Å². The Morgan fingerprint density at radius 1 is 1.08 bits per heavy atom. The predicted molar refractivity (Wildman–Crippen MR) is 94.0 cm³/mol. The summed E-state index contributed by atoms with van der Waals surface area (Å²) in [5.74, 6) is 0.476. The lowest BCUT2D eigenvalue weighted by molar-refractivity contribution is -0.113. The van der Waals surface area contributed by atoms with E-state index in [-0.39, 0.29) is 11.5 Å². The third kappa shape index (κ3) is 5.15. The summed E-state index contributed by atoms with van der Waals surface area (Å²) in [5.41, 5.74) is 1.41. The summed E-state index contributed by atoms with van der Waals surface area (Å²) in [4.78, 5) is 14.2. The molecule has 4 nitrogen and oxygen atoms in total. The molecule has 0 saturated carbocycles. The smallest absolute Gasteiger partial charge is 0.222 e. The number of ketones is 1. The van der Waals surface area contributed by atoms with E-state index in [2.05, 4.69) is 0 Å². The van der Waals surface area contributed by atoms with Gasteiger partial charge >= 0.3 is 0 Å². The van der Waals surface area contributed by atoms with Gasteiger partial charge in [-0.1, -0.05) is 30.3 Å². The van der Waals surface area contributed by atoms with Crippen LogP contribution in [0.1, 0.15) is 11.1 Å². The standard InChI is InChI=1S/C20H18N2O2/c1-22(2)13-12-19(23)20(14-16-6-4-3-5-7-16)24-18-10-8-17(15-21)9-11-18/h3-14H,1-2H3/b13-12+,20-14?. The molecule has 4 heteroatoms. The normalized spacial score (nSPS) is 11.1. The van der Waals surface area contributed by atoms with E-state index in [1.807, 2.05) is 50.5 Å².